The highest BCUT2D eigenvalue weighted by molar-refractivity contribution is 7.14. The van der Waals surface area contributed by atoms with Gasteiger partial charge in [-0.1, -0.05) is 62.4 Å². The van der Waals surface area contributed by atoms with Crippen LogP contribution in [-0.4, -0.2) is 23.5 Å². The highest BCUT2D eigenvalue weighted by atomic mass is 32.1. The Labute approximate surface area is 186 Å². The molecule has 1 aliphatic carbocycles. The van der Waals surface area contributed by atoms with E-state index in [2.05, 4.69) is 46.7 Å². The van der Waals surface area contributed by atoms with Crippen LogP contribution in [0.25, 0.3) is 0 Å². The highest BCUT2D eigenvalue weighted by Crippen LogP contribution is 2.46. The number of nitrogens with one attached hydrogen (secondary N) is 1. The lowest BCUT2D eigenvalue weighted by molar-refractivity contribution is -0.124. The second-order valence-electron chi connectivity index (χ2n) is 8.26. The molecule has 1 aromatic heterocycles. The molecular weight excluding hydrogens is 408 g/mol. The molecule has 0 saturated heterocycles. The lowest BCUT2D eigenvalue weighted by Gasteiger charge is -2.34. The van der Waals surface area contributed by atoms with Gasteiger partial charge in [0.1, 0.15) is 0 Å². The van der Waals surface area contributed by atoms with Crippen molar-refractivity contribution in [1.29, 1.82) is 0 Å². The van der Waals surface area contributed by atoms with Gasteiger partial charge in [0, 0.05) is 11.3 Å². The zero-order valence-electron chi connectivity index (χ0n) is 18.0. The Kier molecular flexibility index (Phi) is 5.92. The Balaban J connectivity index is 1.68. The van der Waals surface area contributed by atoms with Gasteiger partial charge in [0.05, 0.1) is 12.0 Å². The number of aromatic nitrogens is 1. The van der Waals surface area contributed by atoms with Crippen molar-refractivity contribution in [3.05, 3.63) is 81.9 Å². The molecule has 160 valence electrons. The Bertz CT molecular complexity index is 1070. The third-order valence-electron chi connectivity index (χ3n) is 5.91. The van der Waals surface area contributed by atoms with Gasteiger partial charge in [0.25, 0.3) is 0 Å². The van der Waals surface area contributed by atoms with E-state index in [9.17, 15) is 9.59 Å². The normalized spacial score (nSPS) is 13.6. The first-order chi connectivity index (χ1) is 14.9. The van der Waals surface area contributed by atoms with Gasteiger partial charge >= 0.3 is 5.97 Å². The third-order valence-corrected chi connectivity index (χ3v) is 6.67. The number of carbonyl (C=O) groups excluding carboxylic acids is 2. The van der Waals surface area contributed by atoms with Crippen molar-refractivity contribution in [2.45, 2.75) is 39.5 Å². The minimum atomic E-state index is -0.744. The molecule has 1 heterocycles. The first kappa shape index (κ1) is 21.2. The van der Waals surface area contributed by atoms with Crippen LogP contribution in [0, 0.1) is 5.41 Å². The van der Waals surface area contributed by atoms with Gasteiger partial charge in [0.2, 0.25) is 5.91 Å². The van der Waals surface area contributed by atoms with E-state index in [0.29, 0.717) is 5.13 Å². The molecule has 0 unspecified atom stereocenters. The molecule has 3 aromatic rings. The summed E-state index contributed by atoms with van der Waals surface area (Å²) in [5.74, 6) is -0.703. The fourth-order valence-electron chi connectivity index (χ4n) is 4.32. The first-order valence-electron chi connectivity index (χ1n) is 10.5. The van der Waals surface area contributed by atoms with Gasteiger partial charge in [-0.3, -0.25) is 4.79 Å². The number of benzene rings is 2. The topological polar surface area (TPSA) is 68.3 Å². The van der Waals surface area contributed by atoms with Crippen LogP contribution in [0.15, 0.2) is 53.9 Å². The first-order valence-corrected chi connectivity index (χ1v) is 11.4. The highest BCUT2D eigenvalue weighted by Gasteiger charge is 2.41. The number of esters is 1. The molecule has 0 fully saturated rings. The summed E-state index contributed by atoms with van der Waals surface area (Å²) >= 11 is 1.23. The number of hydrogen-bond donors (Lipinski definition) is 1. The van der Waals surface area contributed by atoms with Crippen LogP contribution in [0.3, 0.4) is 0 Å². The van der Waals surface area contributed by atoms with E-state index in [1.807, 2.05) is 26.0 Å². The van der Waals surface area contributed by atoms with Gasteiger partial charge in [-0.15, -0.1) is 11.3 Å². The van der Waals surface area contributed by atoms with Crippen LogP contribution in [0.5, 0.6) is 0 Å². The van der Waals surface area contributed by atoms with E-state index in [1.165, 1.54) is 33.6 Å². The maximum Gasteiger partial charge on any atom is 0.357 e. The number of fused-ring (bicyclic) bond motifs is 2. The predicted molar refractivity (Wildman–Crippen MR) is 123 cm³/mol. The van der Waals surface area contributed by atoms with Crippen LogP contribution in [-0.2, 0) is 22.4 Å². The van der Waals surface area contributed by atoms with Crippen LogP contribution in [0.4, 0.5) is 5.13 Å². The quantitative estimate of drug-likeness (QED) is 0.560. The van der Waals surface area contributed by atoms with E-state index in [4.69, 9.17) is 4.74 Å². The monoisotopic (exact) mass is 434 g/mol. The lowest BCUT2D eigenvalue weighted by Crippen LogP contribution is -2.37. The number of carbonyl (C=O) groups is 2. The fraction of sp³-hybridized carbons (Fsp3) is 0.320. The number of anilines is 1. The van der Waals surface area contributed by atoms with E-state index in [0.717, 1.165) is 12.8 Å². The molecule has 31 heavy (non-hydrogen) atoms. The number of aryl methyl sites for hydroxylation is 2. The van der Waals surface area contributed by atoms with Crippen molar-refractivity contribution >= 4 is 28.3 Å². The molecule has 0 bridgehead atoms. The van der Waals surface area contributed by atoms with Crippen LogP contribution in [0.2, 0.25) is 0 Å². The summed E-state index contributed by atoms with van der Waals surface area (Å²) in [7, 11) is 0. The Hall–Kier alpha value is -2.99. The molecule has 2 aromatic carbocycles. The molecule has 1 N–H and O–H groups in total. The third kappa shape index (κ3) is 4.12. The fourth-order valence-corrected chi connectivity index (χ4v) is 5.00. The number of rotatable bonds is 5. The minimum Gasteiger partial charge on any atom is -0.461 e. The molecule has 0 spiro atoms. The zero-order valence-corrected chi connectivity index (χ0v) is 18.8. The van der Waals surface area contributed by atoms with Gasteiger partial charge in [0.15, 0.2) is 10.8 Å². The second-order valence-corrected chi connectivity index (χ2v) is 9.12. The standard InChI is InChI=1S/C25H26N2O3S/c1-4-30-22(28)20-15-31-24(26-20)27-23(29)25(2,3)21-18-11-7-5-9-16(18)13-14-17-10-6-8-12-19(17)21/h5-12,15,21H,4,13-14H2,1-3H3,(H,26,27,29). The predicted octanol–water partition coefficient (Wildman–Crippen LogP) is 5.22. The van der Waals surface area contributed by atoms with E-state index < -0.39 is 11.4 Å². The van der Waals surface area contributed by atoms with Crippen LogP contribution >= 0.6 is 11.3 Å². The minimum absolute atomic E-state index is 0.0908. The summed E-state index contributed by atoms with van der Waals surface area (Å²) < 4.78 is 4.99. The van der Waals surface area contributed by atoms with Gasteiger partial charge in [-0.2, -0.15) is 0 Å². The molecule has 1 amide bonds. The lowest BCUT2D eigenvalue weighted by atomic mass is 9.69. The Morgan fingerprint density at radius 3 is 2.23 bits per heavy atom. The molecule has 0 radical (unpaired) electrons. The summed E-state index contributed by atoms with van der Waals surface area (Å²) in [6.07, 6.45) is 1.91. The molecular formula is C25H26N2O3S. The summed E-state index contributed by atoms with van der Waals surface area (Å²) in [5, 5.41) is 4.95. The van der Waals surface area contributed by atoms with Crippen molar-refractivity contribution < 1.29 is 14.3 Å². The summed E-state index contributed by atoms with van der Waals surface area (Å²) in [6.45, 7) is 5.99. The van der Waals surface area contributed by atoms with Crippen molar-refractivity contribution in [2.75, 3.05) is 11.9 Å². The molecule has 1 aliphatic rings. The molecule has 0 aliphatic heterocycles. The smallest absolute Gasteiger partial charge is 0.357 e. The van der Waals surface area contributed by atoms with E-state index >= 15 is 0 Å². The summed E-state index contributed by atoms with van der Waals surface area (Å²) in [5.41, 5.74) is 4.42. The zero-order chi connectivity index (χ0) is 22.0. The number of nitrogens with zero attached hydrogens (tertiary/aromatic N) is 1. The number of ether oxygens (including phenoxy) is 1. The second kappa shape index (κ2) is 8.63. The van der Waals surface area contributed by atoms with Crippen molar-refractivity contribution in [1.82, 2.24) is 4.98 Å². The van der Waals surface area contributed by atoms with Gasteiger partial charge in [-0.05, 0) is 42.0 Å². The average molecular weight is 435 g/mol. The number of hydrogen-bond acceptors (Lipinski definition) is 5. The van der Waals surface area contributed by atoms with E-state index in [-0.39, 0.29) is 24.1 Å². The Morgan fingerprint density at radius 2 is 1.65 bits per heavy atom. The van der Waals surface area contributed by atoms with Gasteiger partial charge in [-0.25, -0.2) is 9.78 Å². The number of thiazole rings is 1. The number of amides is 1. The Morgan fingerprint density at radius 1 is 1.06 bits per heavy atom. The van der Waals surface area contributed by atoms with Crippen molar-refractivity contribution in [2.24, 2.45) is 5.41 Å². The molecule has 6 heteroatoms. The largest absolute Gasteiger partial charge is 0.461 e. The van der Waals surface area contributed by atoms with E-state index in [1.54, 1.807) is 12.3 Å². The summed E-state index contributed by atoms with van der Waals surface area (Å²) in [4.78, 5) is 29.7. The maximum absolute atomic E-state index is 13.5. The molecule has 4 rings (SSSR count). The van der Waals surface area contributed by atoms with Gasteiger partial charge < -0.3 is 10.1 Å². The molecule has 0 atom stereocenters. The summed E-state index contributed by atoms with van der Waals surface area (Å²) in [6, 6.07) is 16.8. The molecule has 5 nitrogen and oxygen atoms in total. The van der Waals surface area contributed by atoms with Crippen molar-refractivity contribution in [3.8, 4) is 0 Å². The van der Waals surface area contributed by atoms with Crippen LogP contribution < -0.4 is 5.32 Å². The van der Waals surface area contributed by atoms with Crippen LogP contribution in [0.1, 0.15) is 59.4 Å². The maximum atomic E-state index is 13.5. The average Bonchev–Trinajstić information content (AvgIpc) is 3.15. The van der Waals surface area contributed by atoms with Crippen molar-refractivity contribution in [3.63, 3.8) is 0 Å². The molecule has 0 saturated carbocycles. The SMILES string of the molecule is CCOC(=O)c1csc(NC(=O)C(C)(C)C2c3ccccc3CCc3ccccc32)n1.